The first-order chi connectivity index (χ1) is 12.4. The molecule has 0 unspecified atom stereocenters. The van der Waals surface area contributed by atoms with Crippen molar-refractivity contribution in [3.63, 3.8) is 0 Å². The number of nitrogens with zero attached hydrogens (tertiary/aromatic N) is 2. The number of benzene rings is 1. The van der Waals surface area contributed by atoms with Gasteiger partial charge in [-0.3, -0.25) is 4.57 Å². The van der Waals surface area contributed by atoms with E-state index in [1.165, 1.54) is 10.9 Å². The molecule has 0 fully saturated rings. The molecule has 0 radical (unpaired) electrons. The van der Waals surface area contributed by atoms with Crippen molar-refractivity contribution in [2.24, 2.45) is 0 Å². The highest BCUT2D eigenvalue weighted by Crippen LogP contribution is 2.23. The standard InChI is InChI=1S/C20H26N2O5/c1-19(2,3)26-17(23)15-16(18(24)27-20(4,5)6)22(12-21-15)13-8-10-14(25-7)11-9-13/h8-12H,1-7H3. The third-order valence-electron chi connectivity index (χ3n) is 3.30. The SMILES string of the molecule is COc1ccc(-n2cnc(C(=O)OC(C)(C)C)c2C(=O)OC(C)(C)C)cc1. The maximum absolute atomic E-state index is 12.8. The number of hydrogen-bond donors (Lipinski definition) is 0. The van der Waals surface area contributed by atoms with E-state index in [0.717, 1.165) is 0 Å². The summed E-state index contributed by atoms with van der Waals surface area (Å²) in [6.45, 7) is 10.5. The van der Waals surface area contributed by atoms with Crippen LogP contribution in [0.15, 0.2) is 30.6 Å². The number of aromatic nitrogens is 2. The number of ether oxygens (including phenoxy) is 3. The Balaban J connectivity index is 2.53. The molecular weight excluding hydrogens is 348 g/mol. The molecule has 7 nitrogen and oxygen atoms in total. The lowest BCUT2D eigenvalue weighted by Crippen LogP contribution is -2.29. The Morgan fingerprint density at radius 2 is 1.41 bits per heavy atom. The molecule has 27 heavy (non-hydrogen) atoms. The first kappa shape index (κ1) is 20.5. The van der Waals surface area contributed by atoms with Gasteiger partial charge in [-0.25, -0.2) is 14.6 Å². The highest BCUT2D eigenvalue weighted by atomic mass is 16.6. The molecule has 0 spiro atoms. The highest BCUT2D eigenvalue weighted by Gasteiger charge is 2.31. The van der Waals surface area contributed by atoms with Crippen LogP contribution in [0.4, 0.5) is 0 Å². The minimum Gasteiger partial charge on any atom is -0.497 e. The van der Waals surface area contributed by atoms with Crippen LogP contribution in [0.25, 0.3) is 5.69 Å². The number of esters is 2. The van der Waals surface area contributed by atoms with Crippen molar-refractivity contribution in [1.82, 2.24) is 9.55 Å². The van der Waals surface area contributed by atoms with Gasteiger partial charge < -0.3 is 14.2 Å². The zero-order chi connectivity index (χ0) is 20.4. The smallest absolute Gasteiger partial charge is 0.360 e. The van der Waals surface area contributed by atoms with Gasteiger partial charge in [0.05, 0.1) is 7.11 Å². The number of imidazole rings is 1. The van der Waals surface area contributed by atoms with Crippen molar-refractivity contribution >= 4 is 11.9 Å². The Morgan fingerprint density at radius 3 is 1.89 bits per heavy atom. The Bertz CT molecular complexity index is 824. The second-order valence-corrected chi connectivity index (χ2v) is 8.01. The fourth-order valence-corrected chi connectivity index (χ4v) is 2.28. The largest absolute Gasteiger partial charge is 0.497 e. The summed E-state index contributed by atoms with van der Waals surface area (Å²) < 4.78 is 17.5. The van der Waals surface area contributed by atoms with E-state index in [1.807, 2.05) is 0 Å². The molecule has 146 valence electrons. The Kier molecular flexibility index (Phi) is 5.63. The molecule has 2 aromatic rings. The lowest BCUT2D eigenvalue weighted by atomic mass is 10.2. The molecule has 0 amide bonds. The van der Waals surface area contributed by atoms with Gasteiger partial charge in [0.15, 0.2) is 11.4 Å². The zero-order valence-corrected chi connectivity index (χ0v) is 16.8. The summed E-state index contributed by atoms with van der Waals surface area (Å²) in [4.78, 5) is 29.5. The second kappa shape index (κ2) is 7.42. The molecule has 1 heterocycles. The van der Waals surface area contributed by atoms with Crippen molar-refractivity contribution in [1.29, 1.82) is 0 Å². The fraction of sp³-hybridized carbons (Fsp3) is 0.450. The van der Waals surface area contributed by atoms with Gasteiger partial charge in [-0.2, -0.15) is 0 Å². The van der Waals surface area contributed by atoms with Gasteiger partial charge in [0, 0.05) is 5.69 Å². The first-order valence-electron chi connectivity index (χ1n) is 8.60. The molecule has 2 rings (SSSR count). The lowest BCUT2D eigenvalue weighted by Gasteiger charge is -2.21. The van der Waals surface area contributed by atoms with Gasteiger partial charge in [0.1, 0.15) is 23.3 Å². The third-order valence-corrected chi connectivity index (χ3v) is 3.30. The van der Waals surface area contributed by atoms with Gasteiger partial charge in [-0.15, -0.1) is 0 Å². The molecule has 0 N–H and O–H groups in total. The maximum Gasteiger partial charge on any atom is 0.360 e. The average Bonchev–Trinajstić information content (AvgIpc) is 2.97. The van der Waals surface area contributed by atoms with E-state index in [9.17, 15) is 9.59 Å². The average molecular weight is 374 g/mol. The first-order valence-corrected chi connectivity index (χ1v) is 8.60. The monoisotopic (exact) mass is 374 g/mol. The maximum atomic E-state index is 12.8. The van der Waals surface area contributed by atoms with Crippen LogP contribution in [0, 0.1) is 0 Å². The van der Waals surface area contributed by atoms with E-state index in [2.05, 4.69) is 4.98 Å². The predicted octanol–water partition coefficient (Wildman–Crippen LogP) is 3.79. The van der Waals surface area contributed by atoms with Crippen LogP contribution in [0.3, 0.4) is 0 Å². The molecule has 1 aromatic carbocycles. The summed E-state index contributed by atoms with van der Waals surface area (Å²) >= 11 is 0. The van der Waals surface area contributed by atoms with E-state index >= 15 is 0 Å². The molecule has 7 heteroatoms. The van der Waals surface area contributed by atoms with Crippen LogP contribution in [-0.4, -0.2) is 39.8 Å². The Morgan fingerprint density at radius 1 is 0.889 bits per heavy atom. The molecule has 0 saturated heterocycles. The topological polar surface area (TPSA) is 79.7 Å². The second-order valence-electron chi connectivity index (χ2n) is 8.01. The highest BCUT2D eigenvalue weighted by molar-refractivity contribution is 6.01. The molecule has 0 bridgehead atoms. The molecule has 0 aliphatic heterocycles. The van der Waals surface area contributed by atoms with Gasteiger partial charge >= 0.3 is 11.9 Å². The van der Waals surface area contributed by atoms with Crippen LogP contribution >= 0.6 is 0 Å². The normalized spacial score (nSPS) is 11.8. The van der Waals surface area contributed by atoms with Crippen LogP contribution in [0.2, 0.25) is 0 Å². The van der Waals surface area contributed by atoms with E-state index in [0.29, 0.717) is 11.4 Å². The van der Waals surface area contributed by atoms with E-state index in [4.69, 9.17) is 14.2 Å². The quantitative estimate of drug-likeness (QED) is 0.758. The Hall–Kier alpha value is -2.83. The van der Waals surface area contributed by atoms with Crippen LogP contribution in [0.1, 0.15) is 62.5 Å². The van der Waals surface area contributed by atoms with Crippen molar-refractivity contribution in [3.05, 3.63) is 42.0 Å². The summed E-state index contributed by atoms with van der Waals surface area (Å²) in [5.74, 6) is -0.669. The minimum atomic E-state index is -0.725. The molecule has 0 aliphatic rings. The van der Waals surface area contributed by atoms with Crippen molar-refractivity contribution in [3.8, 4) is 11.4 Å². The molecule has 0 aliphatic carbocycles. The van der Waals surface area contributed by atoms with Crippen LogP contribution in [-0.2, 0) is 9.47 Å². The number of hydrogen-bond acceptors (Lipinski definition) is 6. The lowest BCUT2D eigenvalue weighted by molar-refractivity contribution is 0.000944. The van der Waals surface area contributed by atoms with Gasteiger partial charge in [-0.05, 0) is 65.8 Å². The summed E-state index contributed by atoms with van der Waals surface area (Å²) in [5, 5.41) is 0. The van der Waals surface area contributed by atoms with Crippen LogP contribution < -0.4 is 4.74 Å². The predicted molar refractivity (Wildman–Crippen MR) is 100 cm³/mol. The summed E-state index contributed by atoms with van der Waals surface area (Å²) in [7, 11) is 1.57. The number of carbonyl (C=O) groups excluding carboxylic acids is 2. The van der Waals surface area contributed by atoms with E-state index in [-0.39, 0.29) is 11.4 Å². The van der Waals surface area contributed by atoms with Gasteiger partial charge in [-0.1, -0.05) is 0 Å². The number of carbonyl (C=O) groups is 2. The van der Waals surface area contributed by atoms with E-state index < -0.39 is 23.1 Å². The number of rotatable bonds is 4. The number of methoxy groups -OCH3 is 1. The third kappa shape index (κ3) is 5.32. The summed E-state index contributed by atoms with van der Waals surface area (Å²) in [5.41, 5.74) is -0.873. The van der Waals surface area contributed by atoms with Crippen molar-refractivity contribution < 1.29 is 23.8 Å². The minimum absolute atomic E-state index is 0.0179. The van der Waals surface area contributed by atoms with Crippen LogP contribution in [0.5, 0.6) is 5.75 Å². The molecule has 0 saturated carbocycles. The molecular formula is C20H26N2O5. The molecule has 0 atom stereocenters. The summed E-state index contributed by atoms with van der Waals surface area (Å²) in [6.07, 6.45) is 1.40. The Labute approximate surface area is 159 Å². The summed E-state index contributed by atoms with van der Waals surface area (Å²) in [6, 6.07) is 7.02. The van der Waals surface area contributed by atoms with Crippen molar-refractivity contribution in [2.75, 3.05) is 7.11 Å². The van der Waals surface area contributed by atoms with Crippen molar-refractivity contribution in [2.45, 2.75) is 52.7 Å². The van der Waals surface area contributed by atoms with Gasteiger partial charge in [0.25, 0.3) is 0 Å². The fourth-order valence-electron chi connectivity index (χ4n) is 2.28. The zero-order valence-electron chi connectivity index (χ0n) is 16.8. The van der Waals surface area contributed by atoms with Gasteiger partial charge in [0.2, 0.25) is 0 Å². The molecule has 1 aromatic heterocycles. The van der Waals surface area contributed by atoms with E-state index in [1.54, 1.807) is 72.9 Å².